The van der Waals surface area contributed by atoms with E-state index in [1.807, 2.05) is 0 Å². The number of nitrogens with one attached hydrogen (secondary N) is 1. The summed E-state index contributed by atoms with van der Waals surface area (Å²) in [6, 6.07) is 0. The molecule has 0 heterocycles. The summed E-state index contributed by atoms with van der Waals surface area (Å²) in [5, 5.41) is 0. The smallest absolute Gasteiger partial charge is 0.211 e. The van der Waals surface area contributed by atoms with E-state index in [0.29, 0.717) is 24.8 Å². The van der Waals surface area contributed by atoms with Crippen LogP contribution in [-0.4, -0.2) is 39.3 Å². The molecule has 0 amide bonds. The van der Waals surface area contributed by atoms with Gasteiger partial charge < -0.3 is 4.74 Å². The number of halogens is 1. The zero-order chi connectivity index (χ0) is 13.4. The van der Waals surface area contributed by atoms with Gasteiger partial charge in [0.05, 0.1) is 12.4 Å². The second kappa shape index (κ2) is 8.51. The molecule has 0 aromatic heterocycles. The molecule has 1 rings (SSSR count). The summed E-state index contributed by atoms with van der Waals surface area (Å²) in [6.45, 7) is 1.08. The first kappa shape index (κ1) is 16.4. The standard InChI is InChI=1S/C12H24BrNO3S/c1-17-9-12(13)7-8-14-18(15,16)10-11-5-3-2-4-6-11/h11-12,14H,2-10H2,1H3. The normalized spacial score (nSPS) is 19.9. The third-order valence-corrected chi connectivity index (χ3v) is 5.58. The van der Waals surface area contributed by atoms with Gasteiger partial charge in [-0.3, -0.25) is 0 Å². The molecule has 0 aromatic carbocycles. The lowest BCUT2D eigenvalue weighted by molar-refractivity contribution is 0.199. The number of rotatable bonds is 8. The Hall–Kier alpha value is 0.350. The Kier molecular flexibility index (Phi) is 7.75. The van der Waals surface area contributed by atoms with Gasteiger partial charge in [-0.05, 0) is 25.2 Å². The maximum atomic E-state index is 11.9. The van der Waals surface area contributed by atoms with Crippen LogP contribution < -0.4 is 4.72 Å². The summed E-state index contributed by atoms with van der Waals surface area (Å²) in [5.74, 6) is 0.652. The Labute approximate surface area is 119 Å². The van der Waals surface area contributed by atoms with Crippen molar-refractivity contribution in [3.63, 3.8) is 0 Å². The molecule has 1 aliphatic carbocycles. The monoisotopic (exact) mass is 341 g/mol. The van der Waals surface area contributed by atoms with Crippen LogP contribution in [0.15, 0.2) is 0 Å². The van der Waals surface area contributed by atoms with Gasteiger partial charge in [0.25, 0.3) is 0 Å². The van der Waals surface area contributed by atoms with Crippen molar-refractivity contribution in [2.75, 3.05) is 26.0 Å². The van der Waals surface area contributed by atoms with Gasteiger partial charge in [0.15, 0.2) is 0 Å². The van der Waals surface area contributed by atoms with Crippen molar-refractivity contribution in [3.8, 4) is 0 Å². The molecule has 1 saturated carbocycles. The Balaban J connectivity index is 2.22. The largest absolute Gasteiger partial charge is 0.384 e. The highest BCUT2D eigenvalue weighted by Crippen LogP contribution is 2.24. The fraction of sp³-hybridized carbons (Fsp3) is 1.00. The molecule has 0 aromatic rings. The van der Waals surface area contributed by atoms with Crippen LogP contribution in [0.2, 0.25) is 0 Å². The molecule has 1 N–H and O–H groups in total. The van der Waals surface area contributed by atoms with Gasteiger partial charge in [-0.15, -0.1) is 0 Å². The van der Waals surface area contributed by atoms with Crippen molar-refractivity contribution in [1.82, 2.24) is 4.72 Å². The minimum atomic E-state index is -3.10. The molecule has 1 fully saturated rings. The van der Waals surface area contributed by atoms with Crippen LogP contribution in [0, 0.1) is 5.92 Å². The highest BCUT2D eigenvalue weighted by molar-refractivity contribution is 9.09. The lowest BCUT2D eigenvalue weighted by atomic mass is 9.91. The van der Waals surface area contributed by atoms with E-state index >= 15 is 0 Å². The fourth-order valence-electron chi connectivity index (χ4n) is 2.36. The van der Waals surface area contributed by atoms with Crippen LogP contribution >= 0.6 is 15.9 Å². The zero-order valence-electron chi connectivity index (χ0n) is 11.0. The van der Waals surface area contributed by atoms with Gasteiger partial charge >= 0.3 is 0 Å². The molecule has 0 saturated heterocycles. The third kappa shape index (κ3) is 7.07. The molecule has 0 aliphatic heterocycles. The van der Waals surface area contributed by atoms with E-state index in [2.05, 4.69) is 20.7 Å². The van der Waals surface area contributed by atoms with E-state index < -0.39 is 10.0 Å². The third-order valence-electron chi connectivity index (χ3n) is 3.31. The molecule has 4 nitrogen and oxygen atoms in total. The van der Waals surface area contributed by atoms with Gasteiger partial charge in [-0.1, -0.05) is 35.2 Å². The van der Waals surface area contributed by atoms with E-state index in [-0.39, 0.29) is 4.83 Å². The van der Waals surface area contributed by atoms with Crippen LogP contribution in [0.25, 0.3) is 0 Å². The lowest BCUT2D eigenvalue weighted by Crippen LogP contribution is -2.32. The molecule has 108 valence electrons. The minimum Gasteiger partial charge on any atom is -0.384 e. The molecule has 6 heteroatoms. The van der Waals surface area contributed by atoms with Crippen LogP contribution in [0.3, 0.4) is 0 Å². The first-order chi connectivity index (χ1) is 8.53. The molecule has 0 radical (unpaired) electrons. The Bertz CT molecular complexity index is 315. The average molecular weight is 342 g/mol. The van der Waals surface area contributed by atoms with E-state index in [4.69, 9.17) is 4.74 Å². The molecule has 18 heavy (non-hydrogen) atoms. The topological polar surface area (TPSA) is 55.4 Å². The SMILES string of the molecule is COCC(Br)CCNS(=O)(=O)CC1CCCCC1. The van der Waals surface area contributed by atoms with Crippen LogP contribution in [0.4, 0.5) is 0 Å². The van der Waals surface area contributed by atoms with Gasteiger partial charge in [0.2, 0.25) is 10.0 Å². The van der Waals surface area contributed by atoms with E-state index in [1.165, 1.54) is 19.3 Å². The average Bonchev–Trinajstić information content (AvgIpc) is 2.29. The highest BCUT2D eigenvalue weighted by Gasteiger charge is 2.21. The summed E-state index contributed by atoms with van der Waals surface area (Å²) in [5.41, 5.74) is 0. The van der Waals surface area contributed by atoms with E-state index in [1.54, 1.807) is 7.11 Å². The van der Waals surface area contributed by atoms with E-state index in [0.717, 1.165) is 19.3 Å². The number of hydrogen-bond acceptors (Lipinski definition) is 3. The lowest BCUT2D eigenvalue weighted by Gasteiger charge is -2.21. The molecular weight excluding hydrogens is 318 g/mol. The van der Waals surface area contributed by atoms with Gasteiger partial charge in [-0.25, -0.2) is 13.1 Å². The molecule has 0 spiro atoms. The Morgan fingerprint density at radius 3 is 2.61 bits per heavy atom. The number of alkyl halides is 1. The quantitative estimate of drug-likeness (QED) is 0.689. The van der Waals surface area contributed by atoms with Crippen LogP contribution in [0.1, 0.15) is 38.5 Å². The second-order valence-electron chi connectivity index (χ2n) is 5.02. The second-order valence-corrected chi connectivity index (χ2v) is 8.17. The van der Waals surface area contributed by atoms with Crippen LogP contribution in [0.5, 0.6) is 0 Å². The molecule has 0 bridgehead atoms. The van der Waals surface area contributed by atoms with Crippen molar-refractivity contribution in [1.29, 1.82) is 0 Å². The van der Waals surface area contributed by atoms with Crippen molar-refractivity contribution < 1.29 is 13.2 Å². The highest BCUT2D eigenvalue weighted by atomic mass is 79.9. The maximum Gasteiger partial charge on any atom is 0.211 e. The van der Waals surface area contributed by atoms with Gasteiger partial charge in [-0.2, -0.15) is 0 Å². The van der Waals surface area contributed by atoms with E-state index in [9.17, 15) is 8.42 Å². The Morgan fingerprint density at radius 1 is 1.33 bits per heavy atom. The zero-order valence-corrected chi connectivity index (χ0v) is 13.4. The van der Waals surface area contributed by atoms with Crippen molar-refractivity contribution in [2.24, 2.45) is 5.92 Å². The molecule has 1 aliphatic rings. The van der Waals surface area contributed by atoms with Crippen molar-refractivity contribution >= 4 is 26.0 Å². The van der Waals surface area contributed by atoms with Crippen molar-refractivity contribution in [3.05, 3.63) is 0 Å². The summed E-state index contributed by atoms with van der Waals surface area (Å²) < 4.78 is 31.4. The molecule has 1 unspecified atom stereocenters. The minimum absolute atomic E-state index is 0.208. The summed E-state index contributed by atoms with van der Waals surface area (Å²) in [6.07, 6.45) is 6.48. The number of sulfonamides is 1. The number of ether oxygens (including phenoxy) is 1. The predicted molar refractivity (Wildman–Crippen MR) is 77.6 cm³/mol. The van der Waals surface area contributed by atoms with Gasteiger partial charge in [0, 0.05) is 18.5 Å². The molecule has 1 atom stereocenters. The first-order valence-electron chi connectivity index (χ1n) is 6.64. The number of methoxy groups -OCH3 is 1. The summed E-state index contributed by atoms with van der Waals surface area (Å²) in [7, 11) is -1.46. The summed E-state index contributed by atoms with van der Waals surface area (Å²) >= 11 is 3.44. The maximum absolute atomic E-state index is 11.9. The fourth-order valence-corrected chi connectivity index (χ4v) is 4.35. The summed E-state index contributed by atoms with van der Waals surface area (Å²) in [4.78, 5) is 0.208. The molecular formula is C12H24BrNO3S. The number of hydrogen-bond donors (Lipinski definition) is 1. The first-order valence-corrected chi connectivity index (χ1v) is 9.20. The van der Waals surface area contributed by atoms with Crippen LogP contribution in [-0.2, 0) is 14.8 Å². The Morgan fingerprint density at radius 2 is 2.00 bits per heavy atom. The predicted octanol–water partition coefficient (Wildman–Crippen LogP) is 2.29. The van der Waals surface area contributed by atoms with Gasteiger partial charge in [0.1, 0.15) is 0 Å². The van der Waals surface area contributed by atoms with Crippen molar-refractivity contribution in [2.45, 2.75) is 43.4 Å².